The van der Waals surface area contributed by atoms with Gasteiger partial charge in [-0.05, 0) is 13.0 Å². The number of carbonyl (C=O) groups is 2. The van der Waals surface area contributed by atoms with Crippen LogP contribution in [0.25, 0.3) is 0 Å². The highest BCUT2D eigenvalue weighted by atomic mass is 35.5. The number of nitrogens with one attached hydrogen (secondary N) is 2. The molecule has 0 saturated carbocycles. The number of aryl methyl sites for hydroxylation is 1. The molecular formula is C14H22ClN3O4. The molecule has 1 aliphatic rings. The van der Waals surface area contributed by atoms with Crippen LogP contribution in [0.3, 0.4) is 0 Å². The summed E-state index contributed by atoms with van der Waals surface area (Å²) in [5.41, 5.74) is 0.994. The second-order valence-electron chi connectivity index (χ2n) is 4.92. The van der Waals surface area contributed by atoms with E-state index in [1.807, 2.05) is 0 Å². The molecule has 1 fully saturated rings. The van der Waals surface area contributed by atoms with Crippen LogP contribution < -0.4 is 10.6 Å². The van der Waals surface area contributed by atoms with Crippen molar-refractivity contribution in [3.63, 3.8) is 0 Å². The van der Waals surface area contributed by atoms with Gasteiger partial charge in [-0.2, -0.15) is 0 Å². The molecule has 0 radical (unpaired) electrons. The number of hydrogen-bond acceptors (Lipinski definition) is 5. The molecule has 1 unspecified atom stereocenters. The van der Waals surface area contributed by atoms with E-state index in [0.717, 1.165) is 6.54 Å². The van der Waals surface area contributed by atoms with Gasteiger partial charge in [0.2, 0.25) is 5.91 Å². The summed E-state index contributed by atoms with van der Waals surface area (Å²) in [7, 11) is 1.73. The average Bonchev–Trinajstić information content (AvgIpc) is 2.80. The Morgan fingerprint density at radius 1 is 1.55 bits per heavy atom. The van der Waals surface area contributed by atoms with Gasteiger partial charge < -0.3 is 24.7 Å². The maximum Gasteiger partial charge on any atom is 0.355 e. The molecule has 1 atom stereocenters. The van der Waals surface area contributed by atoms with E-state index >= 15 is 0 Å². The zero-order chi connectivity index (χ0) is 15.2. The number of halogens is 1. The molecule has 7 nitrogen and oxygen atoms in total. The fourth-order valence-corrected chi connectivity index (χ4v) is 2.23. The Labute approximate surface area is 135 Å². The summed E-state index contributed by atoms with van der Waals surface area (Å²) in [5.74, 6) is -0.512. The highest BCUT2D eigenvalue weighted by molar-refractivity contribution is 5.94. The van der Waals surface area contributed by atoms with E-state index in [1.54, 1.807) is 30.8 Å². The van der Waals surface area contributed by atoms with Gasteiger partial charge in [0.15, 0.2) is 0 Å². The van der Waals surface area contributed by atoms with E-state index < -0.39 is 5.97 Å². The van der Waals surface area contributed by atoms with Gasteiger partial charge in [0, 0.05) is 32.3 Å². The Morgan fingerprint density at radius 2 is 2.32 bits per heavy atom. The Balaban J connectivity index is 0.00000242. The van der Waals surface area contributed by atoms with Crippen molar-refractivity contribution in [3.05, 3.63) is 18.0 Å². The van der Waals surface area contributed by atoms with Gasteiger partial charge in [0.25, 0.3) is 0 Å². The molecule has 22 heavy (non-hydrogen) atoms. The van der Waals surface area contributed by atoms with Gasteiger partial charge in [-0.15, -0.1) is 12.4 Å². The normalized spacial score (nSPS) is 17.5. The summed E-state index contributed by atoms with van der Waals surface area (Å²) in [6, 6.07) is 1.65. The summed E-state index contributed by atoms with van der Waals surface area (Å²) < 4.78 is 11.9. The predicted octanol–water partition coefficient (Wildman–Crippen LogP) is 0.941. The fourth-order valence-electron chi connectivity index (χ4n) is 2.23. The molecule has 0 spiro atoms. The van der Waals surface area contributed by atoms with Crippen molar-refractivity contribution in [2.45, 2.75) is 19.4 Å². The van der Waals surface area contributed by atoms with Gasteiger partial charge in [-0.3, -0.25) is 4.79 Å². The highest BCUT2D eigenvalue weighted by Gasteiger charge is 2.18. The maximum atomic E-state index is 12.0. The third-order valence-electron chi connectivity index (χ3n) is 3.20. The molecule has 2 N–H and O–H groups in total. The Bertz CT molecular complexity index is 512. The van der Waals surface area contributed by atoms with E-state index in [0.29, 0.717) is 37.6 Å². The van der Waals surface area contributed by atoms with Gasteiger partial charge in [0.05, 0.1) is 25.5 Å². The van der Waals surface area contributed by atoms with Crippen molar-refractivity contribution < 1.29 is 19.1 Å². The molecule has 2 rings (SSSR count). The number of anilines is 1. The van der Waals surface area contributed by atoms with E-state index in [-0.39, 0.29) is 24.4 Å². The topological polar surface area (TPSA) is 81.6 Å². The number of esters is 1. The van der Waals surface area contributed by atoms with E-state index in [9.17, 15) is 9.59 Å². The third kappa shape index (κ3) is 5.01. The lowest BCUT2D eigenvalue weighted by atomic mass is 10.2. The molecule has 1 aliphatic heterocycles. The fraction of sp³-hybridized carbons (Fsp3) is 0.571. The van der Waals surface area contributed by atoms with E-state index in [4.69, 9.17) is 9.47 Å². The van der Waals surface area contributed by atoms with Crippen molar-refractivity contribution in [2.24, 2.45) is 7.05 Å². The van der Waals surface area contributed by atoms with Crippen molar-refractivity contribution in [1.82, 2.24) is 9.88 Å². The van der Waals surface area contributed by atoms with Crippen molar-refractivity contribution in [3.8, 4) is 0 Å². The lowest BCUT2D eigenvalue weighted by Gasteiger charge is -2.23. The largest absolute Gasteiger partial charge is 0.461 e. The summed E-state index contributed by atoms with van der Waals surface area (Å²) in [6.07, 6.45) is 2.03. The smallest absolute Gasteiger partial charge is 0.355 e. The molecule has 0 bridgehead atoms. The number of nitrogens with zero attached hydrogens (tertiary/aromatic N) is 1. The lowest BCUT2D eigenvalue weighted by molar-refractivity contribution is -0.117. The SMILES string of the molecule is CCOC(=O)c1cc(NC(=O)CC2COCCN2)cn1C.Cl. The van der Waals surface area contributed by atoms with Crippen LogP contribution in [0.1, 0.15) is 23.8 Å². The van der Waals surface area contributed by atoms with Crippen molar-refractivity contribution >= 4 is 30.0 Å². The molecule has 0 aliphatic carbocycles. The number of hydrogen-bond donors (Lipinski definition) is 2. The van der Waals surface area contributed by atoms with Crippen molar-refractivity contribution in [2.75, 3.05) is 31.7 Å². The number of aromatic nitrogens is 1. The molecule has 2 heterocycles. The molecular weight excluding hydrogens is 310 g/mol. The maximum absolute atomic E-state index is 12.0. The van der Waals surface area contributed by atoms with Crippen LogP contribution >= 0.6 is 12.4 Å². The quantitative estimate of drug-likeness (QED) is 0.785. The van der Waals surface area contributed by atoms with Crippen LogP contribution in [0.2, 0.25) is 0 Å². The standard InChI is InChI=1S/C14H21N3O4.ClH/c1-3-21-14(19)12-6-10(8-17(12)2)16-13(18)7-11-9-20-5-4-15-11;/h6,8,11,15H,3-5,7,9H2,1-2H3,(H,16,18);1H. The van der Waals surface area contributed by atoms with Gasteiger partial charge in [0.1, 0.15) is 5.69 Å². The average molecular weight is 332 g/mol. The Morgan fingerprint density at radius 3 is 2.95 bits per heavy atom. The first-order valence-corrected chi connectivity index (χ1v) is 7.04. The molecule has 8 heteroatoms. The second kappa shape index (κ2) is 8.77. The second-order valence-corrected chi connectivity index (χ2v) is 4.92. The number of amides is 1. The van der Waals surface area contributed by atoms with Crippen molar-refractivity contribution in [1.29, 1.82) is 0 Å². The van der Waals surface area contributed by atoms with Crippen LogP contribution in [0.4, 0.5) is 5.69 Å². The monoisotopic (exact) mass is 331 g/mol. The number of morpholine rings is 1. The van der Waals surface area contributed by atoms with Crippen LogP contribution in [-0.4, -0.2) is 48.9 Å². The first kappa shape index (κ1) is 18.5. The number of ether oxygens (including phenoxy) is 2. The Hall–Kier alpha value is -1.57. The van der Waals surface area contributed by atoms with E-state index in [2.05, 4.69) is 10.6 Å². The first-order chi connectivity index (χ1) is 10.1. The number of carbonyl (C=O) groups excluding carboxylic acids is 2. The minimum Gasteiger partial charge on any atom is -0.461 e. The molecule has 1 aromatic heterocycles. The molecule has 1 amide bonds. The van der Waals surface area contributed by atoms with Crippen LogP contribution in [0.5, 0.6) is 0 Å². The minimum absolute atomic E-state index is 0. The van der Waals surface area contributed by atoms with Gasteiger partial charge in [-0.25, -0.2) is 4.79 Å². The van der Waals surface area contributed by atoms with E-state index in [1.165, 1.54) is 0 Å². The van der Waals surface area contributed by atoms with Gasteiger partial charge in [-0.1, -0.05) is 0 Å². The minimum atomic E-state index is -0.400. The number of rotatable bonds is 5. The van der Waals surface area contributed by atoms with Crippen LogP contribution in [0.15, 0.2) is 12.3 Å². The predicted molar refractivity (Wildman–Crippen MR) is 84.5 cm³/mol. The summed E-state index contributed by atoms with van der Waals surface area (Å²) in [5, 5.41) is 6.01. The molecule has 1 aromatic rings. The van der Waals surface area contributed by atoms with Gasteiger partial charge >= 0.3 is 5.97 Å². The zero-order valence-electron chi connectivity index (χ0n) is 12.8. The third-order valence-corrected chi connectivity index (χ3v) is 3.20. The highest BCUT2D eigenvalue weighted by Crippen LogP contribution is 2.14. The first-order valence-electron chi connectivity index (χ1n) is 7.04. The van der Waals surface area contributed by atoms with Crippen LogP contribution in [0, 0.1) is 0 Å². The lowest BCUT2D eigenvalue weighted by Crippen LogP contribution is -2.43. The summed E-state index contributed by atoms with van der Waals surface area (Å²) in [4.78, 5) is 23.7. The summed E-state index contributed by atoms with van der Waals surface area (Å²) >= 11 is 0. The molecule has 0 aromatic carbocycles. The zero-order valence-corrected chi connectivity index (χ0v) is 13.6. The van der Waals surface area contributed by atoms with Crippen LogP contribution in [-0.2, 0) is 21.3 Å². The Kier molecular flexibility index (Phi) is 7.37. The molecule has 124 valence electrons. The molecule has 1 saturated heterocycles. The summed E-state index contributed by atoms with van der Waals surface area (Å²) in [6.45, 7) is 4.05.